The minimum atomic E-state index is 0.218. The first-order valence-electron chi connectivity index (χ1n) is 7.42. The van der Waals surface area contributed by atoms with Crippen LogP contribution in [0.3, 0.4) is 0 Å². The standard InChI is InChI=1S/C17H20N2O2/c1-13(11-16-7-4-10-21-16)18-14-5-2-6-15(12-14)19-9-3-8-17(19)20/h2,4-7,10,12-13,18H,3,8-9,11H2,1H3. The first kappa shape index (κ1) is 13.7. The Morgan fingerprint density at radius 3 is 2.95 bits per heavy atom. The lowest BCUT2D eigenvalue weighted by Gasteiger charge is -2.19. The number of benzene rings is 1. The maximum absolute atomic E-state index is 11.8. The van der Waals surface area contributed by atoms with Crippen LogP contribution in [0.4, 0.5) is 11.4 Å². The third-order valence-electron chi connectivity index (χ3n) is 3.73. The number of carbonyl (C=O) groups is 1. The zero-order chi connectivity index (χ0) is 14.7. The lowest BCUT2D eigenvalue weighted by molar-refractivity contribution is -0.117. The zero-order valence-electron chi connectivity index (χ0n) is 12.2. The fraction of sp³-hybridized carbons (Fsp3) is 0.353. The molecule has 0 aliphatic carbocycles. The van der Waals surface area contributed by atoms with E-state index >= 15 is 0 Å². The van der Waals surface area contributed by atoms with E-state index in [1.165, 1.54) is 0 Å². The van der Waals surface area contributed by atoms with Gasteiger partial charge < -0.3 is 14.6 Å². The van der Waals surface area contributed by atoms with Gasteiger partial charge in [0.15, 0.2) is 0 Å². The molecule has 0 saturated carbocycles. The number of furan rings is 1. The first-order valence-corrected chi connectivity index (χ1v) is 7.42. The SMILES string of the molecule is CC(Cc1ccco1)Nc1cccc(N2CCCC2=O)c1. The summed E-state index contributed by atoms with van der Waals surface area (Å²) in [5.41, 5.74) is 2.01. The van der Waals surface area contributed by atoms with Crippen molar-refractivity contribution in [3.63, 3.8) is 0 Å². The van der Waals surface area contributed by atoms with Gasteiger partial charge in [-0.25, -0.2) is 0 Å². The lowest BCUT2D eigenvalue weighted by Crippen LogP contribution is -2.24. The smallest absolute Gasteiger partial charge is 0.227 e. The number of nitrogens with zero attached hydrogens (tertiary/aromatic N) is 1. The largest absolute Gasteiger partial charge is 0.469 e. The van der Waals surface area contributed by atoms with Crippen LogP contribution in [0, 0.1) is 0 Å². The van der Waals surface area contributed by atoms with Gasteiger partial charge in [-0.1, -0.05) is 6.07 Å². The molecular formula is C17H20N2O2. The summed E-state index contributed by atoms with van der Waals surface area (Å²) in [6, 6.07) is 12.2. The molecule has 4 heteroatoms. The van der Waals surface area contributed by atoms with Gasteiger partial charge >= 0.3 is 0 Å². The number of rotatable bonds is 5. The van der Waals surface area contributed by atoms with E-state index in [-0.39, 0.29) is 11.9 Å². The third kappa shape index (κ3) is 3.27. The third-order valence-corrected chi connectivity index (χ3v) is 3.73. The van der Waals surface area contributed by atoms with E-state index in [9.17, 15) is 4.79 Å². The van der Waals surface area contributed by atoms with Crippen molar-refractivity contribution in [3.05, 3.63) is 48.4 Å². The minimum Gasteiger partial charge on any atom is -0.469 e. The molecule has 0 bridgehead atoms. The monoisotopic (exact) mass is 284 g/mol. The van der Waals surface area contributed by atoms with Crippen LogP contribution < -0.4 is 10.2 Å². The van der Waals surface area contributed by atoms with E-state index in [4.69, 9.17) is 4.42 Å². The van der Waals surface area contributed by atoms with Crippen molar-refractivity contribution >= 4 is 17.3 Å². The van der Waals surface area contributed by atoms with Crippen molar-refractivity contribution < 1.29 is 9.21 Å². The molecule has 1 aliphatic heterocycles. The van der Waals surface area contributed by atoms with Gasteiger partial charge in [0.1, 0.15) is 5.76 Å². The highest BCUT2D eigenvalue weighted by molar-refractivity contribution is 5.95. The minimum absolute atomic E-state index is 0.218. The number of nitrogens with one attached hydrogen (secondary N) is 1. The summed E-state index contributed by atoms with van der Waals surface area (Å²) < 4.78 is 5.37. The predicted molar refractivity (Wildman–Crippen MR) is 83.5 cm³/mol. The summed E-state index contributed by atoms with van der Waals surface area (Å²) in [4.78, 5) is 13.7. The Morgan fingerprint density at radius 2 is 2.24 bits per heavy atom. The van der Waals surface area contributed by atoms with Gasteiger partial charge in [-0.2, -0.15) is 0 Å². The highest BCUT2D eigenvalue weighted by Gasteiger charge is 2.21. The fourth-order valence-electron chi connectivity index (χ4n) is 2.75. The summed E-state index contributed by atoms with van der Waals surface area (Å²) in [7, 11) is 0. The van der Waals surface area contributed by atoms with Gasteiger partial charge in [0.05, 0.1) is 6.26 Å². The molecule has 1 fully saturated rings. The van der Waals surface area contributed by atoms with Crippen molar-refractivity contribution in [3.8, 4) is 0 Å². The van der Waals surface area contributed by atoms with Crippen molar-refractivity contribution in [2.45, 2.75) is 32.2 Å². The van der Waals surface area contributed by atoms with E-state index in [2.05, 4.69) is 12.2 Å². The van der Waals surface area contributed by atoms with Crippen LogP contribution in [0.5, 0.6) is 0 Å². The molecule has 4 nitrogen and oxygen atoms in total. The van der Waals surface area contributed by atoms with Crippen LogP contribution in [0.15, 0.2) is 47.1 Å². The molecule has 2 heterocycles. The molecule has 1 aromatic heterocycles. The number of carbonyl (C=O) groups excluding carboxylic acids is 1. The van der Waals surface area contributed by atoms with Crippen LogP contribution in [0.1, 0.15) is 25.5 Å². The Hall–Kier alpha value is -2.23. The van der Waals surface area contributed by atoms with Crippen molar-refractivity contribution in [1.29, 1.82) is 0 Å². The second kappa shape index (κ2) is 6.04. The fourth-order valence-corrected chi connectivity index (χ4v) is 2.75. The quantitative estimate of drug-likeness (QED) is 0.914. The van der Waals surface area contributed by atoms with Gasteiger partial charge in [0, 0.05) is 36.8 Å². The number of hydrogen-bond acceptors (Lipinski definition) is 3. The number of anilines is 2. The molecule has 0 radical (unpaired) electrons. The van der Waals surface area contributed by atoms with Crippen LogP contribution in [-0.4, -0.2) is 18.5 Å². The van der Waals surface area contributed by atoms with E-state index in [1.54, 1.807) is 6.26 Å². The molecule has 3 rings (SSSR count). The predicted octanol–water partition coefficient (Wildman–Crippen LogP) is 3.45. The Bertz CT molecular complexity index is 607. The van der Waals surface area contributed by atoms with Gasteiger partial charge in [-0.05, 0) is 43.7 Å². The molecular weight excluding hydrogens is 264 g/mol. The molecule has 0 spiro atoms. The summed E-state index contributed by atoms with van der Waals surface area (Å²) in [5.74, 6) is 1.19. The Labute approximate surface area is 124 Å². The van der Waals surface area contributed by atoms with Crippen molar-refractivity contribution in [2.75, 3.05) is 16.8 Å². The maximum Gasteiger partial charge on any atom is 0.227 e. The molecule has 1 aliphatic rings. The molecule has 21 heavy (non-hydrogen) atoms. The Morgan fingerprint density at radius 1 is 1.33 bits per heavy atom. The molecule has 1 unspecified atom stereocenters. The topological polar surface area (TPSA) is 45.5 Å². The maximum atomic E-state index is 11.8. The molecule has 1 atom stereocenters. The molecule has 1 saturated heterocycles. The van der Waals surface area contributed by atoms with Crippen LogP contribution in [0.25, 0.3) is 0 Å². The van der Waals surface area contributed by atoms with Crippen LogP contribution >= 0.6 is 0 Å². The number of amides is 1. The van der Waals surface area contributed by atoms with E-state index in [0.29, 0.717) is 6.42 Å². The second-order valence-electron chi connectivity index (χ2n) is 5.53. The average Bonchev–Trinajstić information content (AvgIpc) is 3.10. The van der Waals surface area contributed by atoms with Crippen molar-refractivity contribution in [2.24, 2.45) is 0 Å². The van der Waals surface area contributed by atoms with Gasteiger partial charge in [0.2, 0.25) is 5.91 Å². The van der Waals surface area contributed by atoms with Gasteiger partial charge in [0.25, 0.3) is 0 Å². The molecule has 2 aromatic rings. The molecule has 1 aromatic carbocycles. The molecule has 110 valence electrons. The zero-order valence-corrected chi connectivity index (χ0v) is 12.2. The molecule has 1 N–H and O–H groups in total. The highest BCUT2D eigenvalue weighted by atomic mass is 16.3. The lowest BCUT2D eigenvalue weighted by atomic mass is 10.1. The summed E-state index contributed by atoms with van der Waals surface area (Å²) in [6.45, 7) is 2.94. The Kier molecular flexibility index (Phi) is 3.95. The highest BCUT2D eigenvalue weighted by Crippen LogP contribution is 2.24. The van der Waals surface area contributed by atoms with Gasteiger partial charge in [-0.3, -0.25) is 4.79 Å². The Balaban J connectivity index is 1.67. The summed E-state index contributed by atoms with van der Waals surface area (Å²) >= 11 is 0. The van der Waals surface area contributed by atoms with Crippen LogP contribution in [-0.2, 0) is 11.2 Å². The molecule has 1 amide bonds. The van der Waals surface area contributed by atoms with Crippen LogP contribution in [0.2, 0.25) is 0 Å². The number of hydrogen-bond donors (Lipinski definition) is 1. The van der Waals surface area contributed by atoms with E-state index < -0.39 is 0 Å². The summed E-state index contributed by atoms with van der Waals surface area (Å²) in [5, 5.41) is 3.46. The normalized spacial score (nSPS) is 16.2. The average molecular weight is 284 g/mol. The van der Waals surface area contributed by atoms with Crippen molar-refractivity contribution in [1.82, 2.24) is 0 Å². The summed E-state index contributed by atoms with van der Waals surface area (Å²) in [6.07, 6.45) is 4.14. The van der Waals surface area contributed by atoms with E-state index in [0.717, 1.165) is 36.5 Å². The van der Waals surface area contributed by atoms with Gasteiger partial charge in [-0.15, -0.1) is 0 Å². The van der Waals surface area contributed by atoms with E-state index in [1.807, 2.05) is 41.3 Å². The first-order chi connectivity index (χ1) is 10.2. The second-order valence-corrected chi connectivity index (χ2v) is 5.53.